The van der Waals surface area contributed by atoms with Gasteiger partial charge in [0.15, 0.2) is 5.57 Å². The molecule has 0 saturated heterocycles. The number of rotatable bonds is 4. The van der Waals surface area contributed by atoms with Crippen molar-refractivity contribution in [2.24, 2.45) is 0 Å². The Morgan fingerprint density at radius 3 is 2.40 bits per heavy atom. The molecule has 0 fully saturated rings. The molecule has 1 aromatic rings. The van der Waals surface area contributed by atoms with Gasteiger partial charge in [-0.25, -0.2) is 4.79 Å². The highest BCUT2D eigenvalue weighted by Gasteiger charge is 2.39. The SMILES string of the molecule is CCOC(=O)C(C#N)=C(Nc1ccccc1)C(F)(F)F. The lowest BCUT2D eigenvalue weighted by Crippen LogP contribution is -2.24. The quantitative estimate of drug-likeness (QED) is 0.524. The van der Waals surface area contributed by atoms with Crippen LogP contribution in [0.5, 0.6) is 0 Å². The number of carbonyl (C=O) groups is 1. The first-order valence-corrected chi connectivity index (χ1v) is 5.61. The number of benzene rings is 1. The highest BCUT2D eigenvalue weighted by molar-refractivity contribution is 5.94. The van der Waals surface area contributed by atoms with Gasteiger partial charge in [0, 0.05) is 5.69 Å². The zero-order chi connectivity index (χ0) is 15.2. The second-order valence-electron chi connectivity index (χ2n) is 3.57. The van der Waals surface area contributed by atoms with E-state index in [1.165, 1.54) is 37.3 Å². The Morgan fingerprint density at radius 2 is 1.95 bits per heavy atom. The van der Waals surface area contributed by atoms with Gasteiger partial charge in [-0.2, -0.15) is 18.4 Å². The van der Waals surface area contributed by atoms with E-state index in [0.29, 0.717) is 0 Å². The molecule has 0 spiro atoms. The van der Waals surface area contributed by atoms with Crippen molar-refractivity contribution in [2.45, 2.75) is 13.1 Å². The molecule has 0 radical (unpaired) electrons. The Balaban J connectivity index is 3.24. The molecule has 20 heavy (non-hydrogen) atoms. The van der Waals surface area contributed by atoms with Crippen molar-refractivity contribution >= 4 is 11.7 Å². The van der Waals surface area contributed by atoms with Crippen LogP contribution in [0.4, 0.5) is 18.9 Å². The molecule has 0 unspecified atom stereocenters. The molecular formula is C13H11F3N2O2. The van der Waals surface area contributed by atoms with Crippen molar-refractivity contribution < 1.29 is 22.7 Å². The van der Waals surface area contributed by atoms with E-state index in [-0.39, 0.29) is 12.3 Å². The van der Waals surface area contributed by atoms with E-state index >= 15 is 0 Å². The van der Waals surface area contributed by atoms with E-state index in [2.05, 4.69) is 4.74 Å². The third kappa shape index (κ3) is 4.02. The molecule has 0 aliphatic rings. The van der Waals surface area contributed by atoms with Crippen LogP contribution in [-0.4, -0.2) is 18.8 Å². The van der Waals surface area contributed by atoms with Crippen molar-refractivity contribution in [3.63, 3.8) is 0 Å². The topological polar surface area (TPSA) is 62.1 Å². The maximum atomic E-state index is 13.0. The van der Waals surface area contributed by atoms with Crippen molar-refractivity contribution in [1.82, 2.24) is 0 Å². The second kappa shape index (κ2) is 6.61. The van der Waals surface area contributed by atoms with Crippen LogP contribution in [0.25, 0.3) is 0 Å². The van der Waals surface area contributed by atoms with E-state index in [1.807, 2.05) is 5.32 Å². The van der Waals surface area contributed by atoms with E-state index in [0.717, 1.165) is 0 Å². The monoisotopic (exact) mass is 284 g/mol. The predicted molar refractivity (Wildman–Crippen MR) is 65.4 cm³/mol. The zero-order valence-electron chi connectivity index (χ0n) is 10.5. The Kier molecular flexibility index (Phi) is 5.15. The van der Waals surface area contributed by atoms with Gasteiger partial charge in [-0.15, -0.1) is 0 Å². The Morgan fingerprint density at radius 1 is 1.35 bits per heavy atom. The van der Waals surface area contributed by atoms with Crippen molar-refractivity contribution in [3.8, 4) is 6.07 Å². The van der Waals surface area contributed by atoms with Gasteiger partial charge < -0.3 is 10.1 Å². The molecule has 1 rings (SSSR count). The fraction of sp³-hybridized carbons (Fsp3) is 0.231. The highest BCUT2D eigenvalue weighted by Crippen LogP contribution is 2.29. The van der Waals surface area contributed by atoms with Crippen molar-refractivity contribution in [3.05, 3.63) is 41.6 Å². The molecule has 0 atom stereocenters. The van der Waals surface area contributed by atoms with Gasteiger partial charge in [0.05, 0.1) is 6.61 Å². The Bertz CT molecular complexity index is 545. The number of ether oxygens (including phenoxy) is 1. The minimum atomic E-state index is -4.88. The number of nitrogens with one attached hydrogen (secondary N) is 1. The number of esters is 1. The summed E-state index contributed by atoms with van der Waals surface area (Å²) in [5.74, 6) is -1.31. The summed E-state index contributed by atoms with van der Waals surface area (Å²) in [7, 11) is 0. The number of halogens is 3. The molecule has 0 amide bonds. The molecular weight excluding hydrogens is 273 g/mol. The van der Waals surface area contributed by atoms with Crippen LogP contribution in [0, 0.1) is 11.3 Å². The number of hydrogen-bond donors (Lipinski definition) is 1. The summed E-state index contributed by atoms with van der Waals surface area (Å²) in [6, 6.07) is 8.66. The van der Waals surface area contributed by atoms with E-state index in [1.54, 1.807) is 6.07 Å². The van der Waals surface area contributed by atoms with Gasteiger partial charge in [0.2, 0.25) is 0 Å². The number of hydrogen-bond acceptors (Lipinski definition) is 4. The third-order valence-electron chi connectivity index (χ3n) is 2.17. The van der Waals surface area contributed by atoms with E-state index < -0.39 is 23.4 Å². The average molecular weight is 284 g/mol. The summed E-state index contributed by atoms with van der Waals surface area (Å²) < 4.78 is 43.3. The van der Waals surface area contributed by atoms with Gasteiger partial charge in [0.25, 0.3) is 0 Å². The summed E-state index contributed by atoms with van der Waals surface area (Å²) in [5.41, 5.74) is -2.44. The van der Waals surface area contributed by atoms with Crippen LogP contribution in [-0.2, 0) is 9.53 Å². The van der Waals surface area contributed by atoms with Crippen LogP contribution in [0.15, 0.2) is 41.6 Å². The molecule has 7 heteroatoms. The number of para-hydroxylation sites is 1. The fourth-order valence-corrected chi connectivity index (χ4v) is 1.35. The lowest BCUT2D eigenvalue weighted by molar-refractivity contribution is -0.139. The Labute approximate surface area is 113 Å². The first-order valence-electron chi connectivity index (χ1n) is 5.61. The van der Waals surface area contributed by atoms with Gasteiger partial charge in [-0.1, -0.05) is 18.2 Å². The van der Waals surface area contributed by atoms with Crippen LogP contribution in [0.2, 0.25) is 0 Å². The molecule has 1 aromatic carbocycles. The number of carbonyl (C=O) groups excluding carboxylic acids is 1. The summed E-state index contributed by atoms with van der Waals surface area (Å²) in [6.07, 6.45) is -4.88. The van der Waals surface area contributed by atoms with Gasteiger partial charge >= 0.3 is 12.1 Å². The van der Waals surface area contributed by atoms with E-state index in [4.69, 9.17) is 5.26 Å². The molecule has 1 N–H and O–H groups in total. The van der Waals surface area contributed by atoms with Crippen molar-refractivity contribution in [2.75, 3.05) is 11.9 Å². The number of alkyl halides is 3. The van der Waals surface area contributed by atoms with Crippen molar-refractivity contribution in [1.29, 1.82) is 5.26 Å². The lowest BCUT2D eigenvalue weighted by Gasteiger charge is -2.15. The maximum absolute atomic E-state index is 13.0. The van der Waals surface area contributed by atoms with E-state index in [9.17, 15) is 18.0 Å². The minimum absolute atomic E-state index is 0.108. The summed E-state index contributed by atoms with van der Waals surface area (Å²) in [4.78, 5) is 11.4. The summed E-state index contributed by atoms with van der Waals surface area (Å²) in [6.45, 7) is 1.31. The van der Waals surface area contributed by atoms with Gasteiger partial charge in [-0.3, -0.25) is 0 Å². The first-order chi connectivity index (χ1) is 9.40. The second-order valence-corrected chi connectivity index (χ2v) is 3.57. The zero-order valence-corrected chi connectivity index (χ0v) is 10.5. The maximum Gasteiger partial charge on any atom is 0.432 e. The molecule has 106 valence electrons. The number of nitriles is 1. The van der Waals surface area contributed by atoms with Crippen LogP contribution < -0.4 is 5.32 Å². The molecule has 0 saturated carbocycles. The summed E-state index contributed by atoms with van der Waals surface area (Å²) >= 11 is 0. The lowest BCUT2D eigenvalue weighted by atomic mass is 10.2. The smallest absolute Gasteiger partial charge is 0.432 e. The molecule has 4 nitrogen and oxygen atoms in total. The number of nitrogens with zero attached hydrogens (tertiary/aromatic N) is 1. The minimum Gasteiger partial charge on any atom is -0.462 e. The van der Waals surface area contributed by atoms with Crippen LogP contribution in [0.1, 0.15) is 6.92 Å². The summed E-state index contributed by atoms with van der Waals surface area (Å²) in [5, 5.41) is 10.8. The first kappa shape index (κ1) is 15.6. The normalized spacial score (nSPS) is 12.2. The predicted octanol–water partition coefficient (Wildman–Crippen LogP) is 3.00. The highest BCUT2D eigenvalue weighted by atomic mass is 19.4. The number of anilines is 1. The molecule has 0 bridgehead atoms. The van der Waals surface area contributed by atoms with Crippen LogP contribution >= 0.6 is 0 Å². The third-order valence-corrected chi connectivity index (χ3v) is 2.17. The molecule has 0 heterocycles. The molecule has 0 aliphatic carbocycles. The fourth-order valence-electron chi connectivity index (χ4n) is 1.35. The standard InChI is InChI=1S/C13H11F3N2O2/c1-2-20-12(19)10(8-17)11(13(14,15)16)18-9-6-4-3-5-7-9/h3-7,18H,2H2,1H3. The molecule has 0 aliphatic heterocycles. The average Bonchev–Trinajstić information content (AvgIpc) is 2.39. The van der Waals surface area contributed by atoms with Gasteiger partial charge in [0.1, 0.15) is 11.8 Å². The largest absolute Gasteiger partial charge is 0.462 e. The number of allylic oxidation sites excluding steroid dienone is 1. The van der Waals surface area contributed by atoms with Gasteiger partial charge in [-0.05, 0) is 19.1 Å². The van der Waals surface area contributed by atoms with Crippen LogP contribution in [0.3, 0.4) is 0 Å². The molecule has 0 aromatic heterocycles. The Hall–Kier alpha value is -2.49.